The Morgan fingerprint density at radius 1 is 0.618 bits per heavy atom. The van der Waals surface area contributed by atoms with E-state index in [9.17, 15) is 19.2 Å². The van der Waals surface area contributed by atoms with Crippen LogP contribution in [0.4, 0.5) is 0 Å². The number of cyclic esters (lactones) is 2. The lowest BCUT2D eigenvalue weighted by molar-refractivity contribution is -0.161. The van der Waals surface area contributed by atoms with Gasteiger partial charge in [0.2, 0.25) is 0 Å². The van der Waals surface area contributed by atoms with Crippen LogP contribution >= 0.6 is 0 Å². The molecule has 3 rings (SSSR count). The second kappa shape index (κ2) is 13.1. The Kier molecular flexibility index (Phi) is 9.64. The van der Waals surface area contributed by atoms with Gasteiger partial charge in [-0.1, -0.05) is 60.7 Å². The van der Waals surface area contributed by atoms with Crippen molar-refractivity contribution >= 4 is 23.8 Å². The molecule has 1 saturated heterocycles. The minimum atomic E-state index is -0.996. The summed E-state index contributed by atoms with van der Waals surface area (Å²) >= 11 is 0. The molecule has 0 aromatic heterocycles. The average Bonchev–Trinajstić information content (AvgIpc) is 2.84. The van der Waals surface area contributed by atoms with E-state index >= 15 is 0 Å². The van der Waals surface area contributed by atoms with Gasteiger partial charge >= 0.3 is 11.9 Å². The van der Waals surface area contributed by atoms with Gasteiger partial charge < -0.3 is 20.1 Å². The summed E-state index contributed by atoms with van der Waals surface area (Å²) in [4.78, 5) is 50.1. The van der Waals surface area contributed by atoms with Crippen LogP contribution in [0.3, 0.4) is 0 Å². The normalized spacial score (nSPS) is 21.1. The molecule has 1 fully saturated rings. The summed E-state index contributed by atoms with van der Waals surface area (Å²) in [6.07, 6.45) is -0.777. The summed E-state index contributed by atoms with van der Waals surface area (Å²) < 4.78 is 10.8. The van der Waals surface area contributed by atoms with Crippen LogP contribution in [0.15, 0.2) is 60.7 Å². The predicted molar refractivity (Wildman–Crippen MR) is 125 cm³/mol. The van der Waals surface area contributed by atoms with Crippen LogP contribution in [0.1, 0.15) is 36.8 Å². The van der Waals surface area contributed by atoms with E-state index in [-0.39, 0.29) is 37.5 Å². The van der Waals surface area contributed by atoms with Gasteiger partial charge in [0.15, 0.2) is 12.2 Å². The number of rotatable bonds is 4. The van der Waals surface area contributed by atoms with Gasteiger partial charge in [-0.15, -0.1) is 0 Å². The van der Waals surface area contributed by atoms with Crippen LogP contribution in [0.25, 0.3) is 0 Å². The number of hydrogen-bond acceptors (Lipinski definition) is 6. The minimum Gasteiger partial charge on any atom is -0.452 e. The van der Waals surface area contributed by atoms with Crippen molar-refractivity contribution in [1.82, 2.24) is 10.6 Å². The number of esters is 2. The number of amides is 2. The van der Waals surface area contributed by atoms with E-state index in [4.69, 9.17) is 9.47 Å². The van der Waals surface area contributed by atoms with E-state index in [0.717, 1.165) is 11.1 Å². The summed E-state index contributed by atoms with van der Waals surface area (Å²) in [5, 5.41) is 5.59. The fourth-order valence-corrected chi connectivity index (χ4v) is 3.57. The quantitative estimate of drug-likeness (QED) is 0.668. The van der Waals surface area contributed by atoms with Crippen molar-refractivity contribution < 1.29 is 28.7 Å². The molecule has 8 heteroatoms. The topological polar surface area (TPSA) is 111 Å². The SMILES string of the molecule is O=C1CCC(=O)OC(Cc2ccccc2)C(=O)NCCCCNC(=O)C(Cc2ccccc2)O1. The zero-order valence-corrected chi connectivity index (χ0v) is 19.0. The Morgan fingerprint density at radius 2 is 1.00 bits per heavy atom. The lowest BCUT2D eigenvalue weighted by Crippen LogP contribution is -2.41. The van der Waals surface area contributed by atoms with E-state index < -0.39 is 24.1 Å². The summed E-state index contributed by atoms with van der Waals surface area (Å²) in [5.41, 5.74) is 1.71. The maximum Gasteiger partial charge on any atom is 0.307 e. The smallest absolute Gasteiger partial charge is 0.307 e. The Hall–Kier alpha value is -3.68. The molecular weight excluding hydrogens is 436 g/mol. The molecule has 2 amide bonds. The van der Waals surface area contributed by atoms with Crippen LogP contribution < -0.4 is 10.6 Å². The lowest BCUT2D eigenvalue weighted by Gasteiger charge is -2.20. The number of benzene rings is 2. The summed E-state index contributed by atoms with van der Waals surface area (Å²) in [7, 11) is 0. The summed E-state index contributed by atoms with van der Waals surface area (Å²) in [6.45, 7) is 0.778. The largest absolute Gasteiger partial charge is 0.452 e. The lowest BCUT2D eigenvalue weighted by atomic mass is 10.1. The molecule has 1 heterocycles. The molecule has 2 N–H and O–H groups in total. The molecule has 180 valence electrons. The first-order chi connectivity index (χ1) is 16.5. The molecule has 0 aliphatic carbocycles. The molecule has 2 atom stereocenters. The van der Waals surface area contributed by atoms with Crippen molar-refractivity contribution in [3.8, 4) is 0 Å². The van der Waals surface area contributed by atoms with E-state index in [2.05, 4.69) is 10.6 Å². The maximum atomic E-state index is 12.6. The molecule has 1 aliphatic heterocycles. The van der Waals surface area contributed by atoms with Crippen LogP contribution in [-0.4, -0.2) is 49.1 Å². The van der Waals surface area contributed by atoms with Gasteiger partial charge in [-0.3, -0.25) is 19.2 Å². The van der Waals surface area contributed by atoms with Gasteiger partial charge in [-0.2, -0.15) is 0 Å². The van der Waals surface area contributed by atoms with Crippen molar-refractivity contribution in [3.05, 3.63) is 71.8 Å². The van der Waals surface area contributed by atoms with Gasteiger partial charge in [-0.25, -0.2) is 0 Å². The molecule has 0 bridgehead atoms. The van der Waals surface area contributed by atoms with Crippen molar-refractivity contribution in [3.63, 3.8) is 0 Å². The van der Waals surface area contributed by atoms with Crippen LogP contribution in [-0.2, 0) is 41.5 Å². The Bertz CT molecular complexity index is 884. The highest BCUT2D eigenvalue weighted by Crippen LogP contribution is 2.11. The van der Waals surface area contributed by atoms with Gasteiger partial charge in [0.25, 0.3) is 11.8 Å². The van der Waals surface area contributed by atoms with Gasteiger partial charge in [0, 0.05) is 25.9 Å². The first-order valence-corrected chi connectivity index (χ1v) is 11.5. The predicted octanol–water partition coefficient (Wildman–Crippen LogP) is 2.10. The second-order valence-electron chi connectivity index (χ2n) is 8.13. The molecule has 2 unspecified atom stereocenters. The number of carbonyl (C=O) groups is 4. The van der Waals surface area contributed by atoms with Crippen LogP contribution in [0.2, 0.25) is 0 Å². The van der Waals surface area contributed by atoms with Crippen molar-refractivity contribution in [2.24, 2.45) is 0 Å². The van der Waals surface area contributed by atoms with Crippen LogP contribution in [0.5, 0.6) is 0 Å². The third-order valence-corrected chi connectivity index (χ3v) is 5.40. The molecule has 8 nitrogen and oxygen atoms in total. The van der Waals surface area contributed by atoms with Crippen molar-refractivity contribution in [2.45, 2.75) is 50.7 Å². The Labute approximate surface area is 199 Å². The second-order valence-corrected chi connectivity index (χ2v) is 8.13. The minimum absolute atomic E-state index is 0.234. The number of nitrogens with one attached hydrogen (secondary N) is 2. The van der Waals surface area contributed by atoms with Crippen molar-refractivity contribution in [1.29, 1.82) is 0 Å². The number of hydrogen-bond donors (Lipinski definition) is 2. The standard InChI is InChI=1S/C26H30N2O6/c29-23-13-14-24(30)34-22(18-20-11-5-2-6-12-20)26(32)28-16-8-7-15-27-25(31)21(33-23)17-19-9-3-1-4-10-19/h1-6,9-12,21-22H,7-8,13-18H2,(H,27,31)(H,28,32). The number of ether oxygens (including phenoxy) is 2. The third kappa shape index (κ3) is 8.35. The molecule has 2 aromatic carbocycles. The van der Waals surface area contributed by atoms with Crippen LogP contribution in [0, 0.1) is 0 Å². The average molecular weight is 467 g/mol. The van der Waals surface area contributed by atoms with Gasteiger partial charge in [0.1, 0.15) is 0 Å². The highest BCUT2D eigenvalue weighted by atomic mass is 16.6. The molecule has 0 radical (unpaired) electrons. The van der Waals surface area contributed by atoms with E-state index in [1.54, 1.807) is 0 Å². The fourth-order valence-electron chi connectivity index (χ4n) is 3.57. The zero-order chi connectivity index (χ0) is 24.2. The van der Waals surface area contributed by atoms with E-state index in [0.29, 0.717) is 25.9 Å². The molecule has 2 aromatic rings. The van der Waals surface area contributed by atoms with Gasteiger partial charge in [0.05, 0.1) is 12.8 Å². The Balaban J connectivity index is 1.66. The summed E-state index contributed by atoms with van der Waals surface area (Å²) in [5.74, 6) is -2.13. The molecule has 0 spiro atoms. The Morgan fingerprint density at radius 3 is 1.38 bits per heavy atom. The van der Waals surface area contributed by atoms with Crippen molar-refractivity contribution in [2.75, 3.05) is 13.1 Å². The maximum absolute atomic E-state index is 12.6. The van der Waals surface area contributed by atoms with E-state index in [1.807, 2.05) is 60.7 Å². The monoisotopic (exact) mass is 466 g/mol. The number of carbonyl (C=O) groups excluding carboxylic acids is 4. The first kappa shape index (κ1) is 25.0. The zero-order valence-electron chi connectivity index (χ0n) is 19.0. The third-order valence-electron chi connectivity index (χ3n) is 5.40. The molecular formula is C26H30N2O6. The van der Waals surface area contributed by atoms with Gasteiger partial charge in [-0.05, 0) is 24.0 Å². The molecule has 0 saturated carbocycles. The highest BCUT2D eigenvalue weighted by Gasteiger charge is 2.26. The van der Waals surface area contributed by atoms with E-state index in [1.165, 1.54) is 0 Å². The summed E-state index contributed by atoms with van der Waals surface area (Å²) in [6, 6.07) is 18.5. The fraction of sp³-hybridized carbons (Fsp3) is 0.385. The highest BCUT2D eigenvalue weighted by molar-refractivity contribution is 5.86. The first-order valence-electron chi connectivity index (χ1n) is 11.5. The molecule has 1 aliphatic rings. The molecule has 34 heavy (non-hydrogen) atoms.